The molecule has 2 N–H and O–H groups in total. The molecule has 0 unspecified atom stereocenters. The third kappa shape index (κ3) is 4.24. The number of aromatic nitrogens is 1. The predicted octanol–water partition coefficient (Wildman–Crippen LogP) is 4.14. The van der Waals surface area contributed by atoms with E-state index >= 15 is 0 Å². The van der Waals surface area contributed by atoms with Gasteiger partial charge < -0.3 is 15.2 Å². The average Bonchev–Trinajstić information content (AvgIpc) is 3.02. The summed E-state index contributed by atoms with van der Waals surface area (Å²) in [5, 5.41) is 9.61. The number of rotatable bonds is 4. The minimum atomic E-state index is -0.437. The number of hydrogen-bond acceptors (Lipinski definition) is 4. The molecule has 2 aromatic carbocycles. The zero-order chi connectivity index (χ0) is 17.8. The maximum atomic E-state index is 12.3. The van der Waals surface area contributed by atoms with E-state index in [1.807, 2.05) is 0 Å². The molecule has 0 aliphatic rings. The second-order valence-electron chi connectivity index (χ2n) is 5.33. The van der Waals surface area contributed by atoms with Crippen LogP contribution in [-0.4, -0.2) is 17.0 Å². The topological polar surface area (TPSA) is 84.2 Å². The van der Waals surface area contributed by atoms with Gasteiger partial charge in [-0.05, 0) is 43.3 Å². The first kappa shape index (κ1) is 16.7. The Kier molecular flexibility index (Phi) is 4.81. The van der Waals surface area contributed by atoms with E-state index in [0.717, 1.165) is 0 Å². The van der Waals surface area contributed by atoms with Crippen LogP contribution in [0.5, 0.6) is 0 Å². The second kappa shape index (κ2) is 7.19. The van der Waals surface area contributed by atoms with Crippen LogP contribution in [-0.2, 0) is 0 Å². The van der Waals surface area contributed by atoms with E-state index in [1.165, 1.54) is 6.07 Å². The van der Waals surface area contributed by atoms with Gasteiger partial charge in [0.15, 0.2) is 0 Å². The van der Waals surface area contributed by atoms with Gasteiger partial charge in [-0.2, -0.15) is 0 Å². The highest BCUT2D eigenvalue weighted by Gasteiger charge is 2.13. The molecule has 0 fully saturated rings. The lowest BCUT2D eigenvalue weighted by Crippen LogP contribution is -2.14. The number of halogens is 1. The van der Waals surface area contributed by atoms with Crippen molar-refractivity contribution >= 4 is 34.8 Å². The van der Waals surface area contributed by atoms with E-state index in [-0.39, 0.29) is 11.7 Å². The van der Waals surface area contributed by atoms with E-state index in [1.54, 1.807) is 55.5 Å². The van der Waals surface area contributed by atoms with Crippen LogP contribution in [0, 0.1) is 6.92 Å². The van der Waals surface area contributed by atoms with Crippen LogP contribution in [0.3, 0.4) is 0 Å². The van der Waals surface area contributed by atoms with Gasteiger partial charge in [0.05, 0.1) is 5.69 Å². The number of anilines is 2. The molecule has 3 rings (SSSR count). The SMILES string of the molecule is Cc1cc(C(=O)Nc2cccc(C(=O)Nc3cccc(Cl)c3)c2)on1. The maximum Gasteiger partial charge on any atom is 0.294 e. The van der Waals surface area contributed by atoms with E-state index in [9.17, 15) is 9.59 Å². The molecule has 0 spiro atoms. The third-order valence-electron chi connectivity index (χ3n) is 3.32. The van der Waals surface area contributed by atoms with Crippen LogP contribution < -0.4 is 10.6 Å². The van der Waals surface area contributed by atoms with E-state index < -0.39 is 5.91 Å². The lowest BCUT2D eigenvalue weighted by Gasteiger charge is -2.08. The number of carbonyl (C=O) groups is 2. The van der Waals surface area contributed by atoms with Crippen LogP contribution in [0.25, 0.3) is 0 Å². The Morgan fingerprint density at radius 3 is 2.32 bits per heavy atom. The summed E-state index contributed by atoms with van der Waals surface area (Å²) in [6.07, 6.45) is 0. The summed E-state index contributed by atoms with van der Waals surface area (Å²) in [5.74, 6) is -0.645. The number of benzene rings is 2. The van der Waals surface area contributed by atoms with E-state index in [2.05, 4.69) is 15.8 Å². The Morgan fingerprint density at radius 1 is 0.960 bits per heavy atom. The molecule has 7 heteroatoms. The van der Waals surface area contributed by atoms with Gasteiger partial charge in [-0.15, -0.1) is 0 Å². The minimum absolute atomic E-state index is 0.103. The summed E-state index contributed by atoms with van der Waals surface area (Å²) in [4.78, 5) is 24.4. The first-order valence-electron chi connectivity index (χ1n) is 7.43. The number of aryl methyl sites for hydroxylation is 1. The molecule has 0 atom stereocenters. The zero-order valence-electron chi connectivity index (χ0n) is 13.2. The van der Waals surface area contributed by atoms with Crippen molar-refractivity contribution in [1.29, 1.82) is 0 Å². The fourth-order valence-electron chi connectivity index (χ4n) is 2.17. The van der Waals surface area contributed by atoms with Crippen LogP contribution in [0.4, 0.5) is 11.4 Å². The largest absolute Gasteiger partial charge is 0.351 e. The fourth-order valence-corrected chi connectivity index (χ4v) is 2.36. The highest BCUT2D eigenvalue weighted by atomic mass is 35.5. The van der Waals surface area contributed by atoms with Crippen molar-refractivity contribution in [2.75, 3.05) is 10.6 Å². The molecule has 25 heavy (non-hydrogen) atoms. The zero-order valence-corrected chi connectivity index (χ0v) is 14.0. The minimum Gasteiger partial charge on any atom is -0.351 e. The van der Waals surface area contributed by atoms with Gasteiger partial charge in [0.1, 0.15) is 0 Å². The number of carbonyl (C=O) groups excluding carboxylic acids is 2. The van der Waals surface area contributed by atoms with Crippen LogP contribution in [0.2, 0.25) is 5.02 Å². The Bertz CT molecular complexity index is 937. The lowest BCUT2D eigenvalue weighted by atomic mass is 10.1. The molecule has 0 saturated carbocycles. The molecule has 0 saturated heterocycles. The molecule has 0 radical (unpaired) electrons. The van der Waals surface area contributed by atoms with Gasteiger partial charge in [0.2, 0.25) is 5.76 Å². The molecule has 1 heterocycles. The van der Waals surface area contributed by atoms with Gasteiger partial charge in [-0.1, -0.05) is 28.9 Å². The Hall–Kier alpha value is -3.12. The Morgan fingerprint density at radius 2 is 1.64 bits per heavy atom. The first-order valence-corrected chi connectivity index (χ1v) is 7.81. The molecular weight excluding hydrogens is 342 g/mol. The monoisotopic (exact) mass is 355 g/mol. The summed E-state index contributed by atoms with van der Waals surface area (Å²) in [6, 6.07) is 15.0. The summed E-state index contributed by atoms with van der Waals surface area (Å²) >= 11 is 5.90. The molecule has 0 bridgehead atoms. The standard InChI is InChI=1S/C18H14ClN3O3/c1-11-8-16(25-22-11)18(24)21-14-6-2-4-12(9-14)17(23)20-15-7-3-5-13(19)10-15/h2-10H,1H3,(H,20,23)(H,21,24). The van der Waals surface area contributed by atoms with Crippen molar-refractivity contribution < 1.29 is 14.1 Å². The fraction of sp³-hybridized carbons (Fsp3) is 0.0556. The molecular formula is C18H14ClN3O3. The Labute approximate surface area is 148 Å². The van der Waals surface area contributed by atoms with Crippen molar-refractivity contribution in [1.82, 2.24) is 5.16 Å². The molecule has 1 aromatic heterocycles. The molecule has 2 amide bonds. The first-order chi connectivity index (χ1) is 12.0. The molecule has 3 aromatic rings. The van der Waals surface area contributed by atoms with Gasteiger partial charge in [0.25, 0.3) is 11.8 Å². The highest BCUT2D eigenvalue weighted by Crippen LogP contribution is 2.17. The number of nitrogens with zero attached hydrogens (tertiary/aromatic N) is 1. The number of amides is 2. The number of hydrogen-bond donors (Lipinski definition) is 2. The summed E-state index contributed by atoms with van der Waals surface area (Å²) in [7, 11) is 0. The number of nitrogens with one attached hydrogen (secondary N) is 2. The highest BCUT2D eigenvalue weighted by molar-refractivity contribution is 6.31. The Balaban J connectivity index is 1.72. The molecule has 0 aliphatic heterocycles. The average molecular weight is 356 g/mol. The van der Waals surface area contributed by atoms with Crippen molar-refractivity contribution in [3.8, 4) is 0 Å². The van der Waals surface area contributed by atoms with E-state index in [4.69, 9.17) is 16.1 Å². The maximum absolute atomic E-state index is 12.3. The summed E-state index contributed by atoms with van der Waals surface area (Å²) in [5.41, 5.74) is 2.06. The third-order valence-corrected chi connectivity index (χ3v) is 3.55. The molecule has 6 nitrogen and oxygen atoms in total. The van der Waals surface area contributed by atoms with Crippen LogP contribution in [0.1, 0.15) is 26.6 Å². The summed E-state index contributed by atoms with van der Waals surface area (Å²) in [6.45, 7) is 1.72. The van der Waals surface area contributed by atoms with Gasteiger partial charge in [0, 0.05) is 28.0 Å². The van der Waals surface area contributed by atoms with Crippen LogP contribution in [0.15, 0.2) is 59.1 Å². The van der Waals surface area contributed by atoms with Gasteiger partial charge in [-0.25, -0.2) is 0 Å². The van der Waals surface area contributed by atoms with Gasteiger partial charge in [-0.3, -0.25) is 9.59 Å². The second-order valence-corrected chi connectivity index (χ2v) is 5.77. The summed E-state index contributed by atoms with van der Waals surface area (Å²) < 4.78 is 4.91. The van der Waals surface area contributed by atoms with Crippen molar-refractivity contribution in [3.05, 3.63) is 76.6 Å². The van der Waals surface area contributed by atoms with E-state index in [0.29, 0.717) is 27.7 Å². The smallest absolute Gasteiger partial charge is 0.294 e. The van der Waals surface area contributed by atoms with Gasteiger partial charge >= 0.3 is 0 Å². The van der Waals surface area contributed by atoms with Crippen LogP contribution >= 0.6 is 11.6 Å². The normalized spacial score (nSPS) is 10.3. The quantitative estimate of drug-likeness (QED) is 0.736. The molecule has 0 aliphatic carbocycles. The van der Waals surface area contributed by atoms with Crippen molar-refractivity contribution in [3.63, 3.8) is 0 Å². The van der Waals surface area contributed by atoms with Crippen molar-refractivity contribution in [2.24, 2.45) is 0 Å². The van der Waals surface area contributed by atoms with Crippen molar-refractivity contribution in [2.45, 2.75) is 6.92 Å². The molecule has 126 valence electrons. The predicted molar refractivity (Wildman–Crippen MR) is 95.0 cm³/mol. The lowest BCUT2D eigenvalue weighted by molar-refractivity contribution is 0.0985.